The predicted molar refractivity (Wildman–Crippen MR) is 76.3 cm³/mol. The van der Waals surface area contributed by atoms with Crippen LogP contribution in [-0.2, 0) is 19.1 Å². The second kappa shape index (κ2) is 7.94. The fraction of sp³-hybridized carbons (Fsp3) is 0.769. The van der Waals surface area contributed by atoms with E-state index in [-0.39, 0.29) is 12.5 Å². The fourth-order valence-electron chi connectivity index (χ4n) is 1.99. The number of nitrogens with two attached hydrogens (primary N) is 1. The molecule has 1 rings (SSSR count). The van der Waals surface area contributed by atoms with Gasteiger partial charge in [0.05, 0.1) is 13.2 Å². The summed E-state index contributed by atoms with van der Waals surface area (Å²) >= 11 is 0. The number of amides is 2. The highest BCUT2D eigenvalue weighted by Gasteiger charge is 2.30. The Bertz CT molecular complexity index is 392. The van der Waals surface area contributed by atoms with Crippen LogP contribution in [-0.4, -0.2) is 92.0 Å². The quantitative estimate of drug-likeness (QED) is 0.471. The van der Waals surface area contributed by atoms with Gasteiger partial charge in [-0.25, -0.2) is 4.79 Å². The van der Waals surface area contributed by atoms with E-state index in [2.05, 4.69) is 0 Å². The normalized spacial score (nSPS) is 17.2. The standard InChI is InChI=1S/C13H24N4O4/c1-4-21-13(20)11(14)12(19)17-7-5-16(6-8-17)9-10(18)15(2)3/h11H,4-9,14H2,1-3H3. The van der Waals surface area contributed by atoms with Gasteiger partial charge in [-0.1, -0.05) is 0 Å². The zero-order valence-corrected chi connectivity index (χ0v) is 12.9. The molecule has 21 heavy (non-hydrogen) atoms. The van der Waals surface area contributed by atoms with Gasteiger partial charge in [-0.3, -0.25) is 14.5 Å². The molecule has 8 nitrogen and oxygen atoms in total. The summed E-state index contributed by atoms with van der Waals surface area (Å²) in [5.41, 5.74) is 5.59. The number of rotatable bonds is 5. The highest BCUT2D eigenvalue weighted by Crippen LogP contribution is 2.04. The minimum absolute atomic E-state index is 0.0259. The Kier molecular flexibility index (Phi) is 6.57. The molecule has 8 heteroatoms. The van der Waals surface area contributed by atoms with Crippen molar-refractivity contribution in [2.45, 2.75) is 13.0 Å². The summed E-state index contributed by atoms with van der Waals surface area (Å²) in [7, 11) is 3.42. The van der Waals surface area contributed by atoms with E-state index < -0.39 is 17.9 Å². The van der Waals surface area contributed by atoms with Crippen molar-refractivity contribution in [2.75, 3.05) is 53.4 Å². The number of carbonyl (C=O) groups is 3. The molecule has 0 radical (unpaired) electrons. The Morgan fingerprint density at radius 2 is 1.76 bits per heavy atom. The lowest BCUT2D eigenvalue weighted by molar-refractivity contribution is -0.151. The molecule has 1 aliphatic rings. The van der Waals surface area contributed by atoms with Crippen LogP contribution in [0.3, 0.4) is 0 Å². The number of ether oxygens (including phenoxy) is 1. The van der Waals surface area contributed by atoms with Gasteiger partial charge in [0.2, 0.25) is 5.91 Å². The first-order valence-electron chi connectivity index (χ1n) is 7.00. The lowest BCUT2D eigenvalue weighted by Crippen LogP contribution is -2.56. The van der Waals surface area contributed by atoms with Crippen molar-refractivity contribution in [3.63, 3.8) is 0 Å². The van der Waals surface area contributed by atoms with Gasteiger partial charge >= 0.3 is 5.97 Å². The van der Waals surface area contributed by atoms with E-state index in [0.717, 1.165) is 0 Å². The van der Waals surface area contributed by atoms with Crippen LogP contribution in [0.15, 0.2) is 0 Å². The summed E-state index contributed by atoms with van der Waals surface area (Å²) in [5, 5.41) is 0. The van der Waals surface area contributed by atoms with Gasteiger partial charge in [-0.15, -0.1) is 0 Å². The summed E-state index contributed by atoms with van der Waals surface area (Å²) < 4.78 is 4.74. The van der Waals surface area contributed by atoms with Gasteiger partial charge in [0, 0.05) is 40.3 Å². The Morgan fingerprint density at radius 3 is 2.24 bits per heavy atom. The van der Waals surface area contributed by atoms with Crippen molar-refractivity contribution >= 4 is 17.8 Å². The number of nitrogens with zero attached hydrogens (tertiary/aromatic N) is 3. The maximum Gasteiger partial charge on any atom is 0.332 e. The predicted octanol–water partition coefficient (Wildman–Crippen LogP) is -1.89. The molecule has 0 spiro atoms. The van der Waals surface area contributed by atoms with E-state index in [1.165, 1.54) is 9.80 Å². The van der Waals surface area contributed by atoms with Gasteiger partial charge in [0.1, 0.15) is 0 Å². The Balaban J connectivity index is 2.43. The van der Waals surface area contributed by atoms with Crippen molar-refractivity contribution in [3.8, 4) is 0 Å². The van der Waals surface area contributed by atoms with E-state index in [0.29, 0.717) is 32.7 Å². The van der Waals surface area contributed by atoms with Crippen molar-refractivity contribution < 1.29 is 19.1 Å². The average Bonchev–Trinajstić information content (AvgIpc) is 2.46. The van der Waals surface area contributed by atoms with Gasteiger partial charge < -0.3 is 20.3 Å². The summed E-state index contributed by atoms with van der Waals surface area (Å²) in [4.78, 5) is 40.2. The van der Waals surface area contributed by atoms with Crippen LogP contribution < -0.4 is 5.73 Å². The molecule has 2 N–H and O–H groups in total. The number of piperazine rings is 1. The third-order valence-electron chi connectivity index (χ3n) is 3.35. The molecule has 1 saturated heterocycles. The molecule has 1 fully saturated rings. The van der Waals surface area contributed by atoms with Crippen LogP contribution in [0.2, 0.25) is 0 Å². The summed E-state index contributed by atoms with van der Waals surface area (Å²) in [6.07, 6.45) is 0. The molecule has 2 amide bonds. The fourth-order valence-corrected chi connectivity index (χ4v) is 1.99. The molecule has 0 aromatic carbocycles. The largest absolute Gasteiger partial charge is 0.464 e. The van der Waals surface area contributed by atoms with Crippen molar-refractivity contribution in [1.82, 2.24) is 14.7 Å². The second-order valence-corrected chi connectivity index (χ2v) is 5.12. The number of hydrogen-bond donors (Lipinski definition) is 1. The minimum atomic E-state index is -1.26. The first kappa shape index (κ1) is 17.4. The number of hydrogen-bond acceptors (Lipinski definition) is 6. The van der Waals surface area contributed by atoms with Gasteiger partial charge in [-0.05, 0) is 6.92 Å². The molecule has 1 unspecified atom stereocenters. The van der Waals surface area contributed by atoms with Crippen LogP contribution in [0.5, 0.6) is 0 Å². The molecule has 1 atom stereocenters. The number of esters is 1. The minimum Gasteiger partial charge on any atom is -0.464 e. The van der Waals surface area contributed by atoms with Gasteiger partial charge in [0.15, 0.2) is 6.04 Å². The smallest absolute Gasteiger partial charge is 0.332 e. The molecule has 0 aliphatic carbocycles. The van der Waals surface area contributed by atoms with Crippen LogP contribution in [0.25, 0.3) is 0 Å². The maximum absolute atomic E-state index is 12.1. The lowest BCUT2D eigenvalue weighted by atomic mass is 10.2. The van der Waals surface area contributed by atoms with E-state index >= 15 is 0 Å². The summed E-state index contributed by atoms with van der Waals surface area (Å²) in [6.45, 7) is 4.26. The van der Waals surface area contributed by atoms with Crippen LogP contribution in [0, 0.1) is 0 Å². The Hall–Kier alpha value is -1.67. The van der Waals surface area contributed by atoms with E-state index in [1.807, 2.05) is 4.90 Å². The number of likely N-dealkylation sites (N-methyl/N-ethyl adjacent to an activating group) is 1. The Morgan fingerprint density at radius 1 is 1.19 bits per heavy atom. The average molecular weight is 300 g/mol. The molecule has 0 bridgehead atoms. The first-order valence-corrected chi connectivity index (χ1v) is 7.00. The van der Waals surface area contributed by atoms with Crippen molar-refractivity contribution in [3.05, 3.63) is 0 Å². The van der Waals surface area contributed by atoms with Crippen molar-refractivity contribution in [1.29, 1.82) is 0 Å². The number of carbonyl (C=O) groups excluding carboxylic acids is 3. The lowest BCUT2D eigenvalue weighted by Gasteiger charge is -2.35. The monoisotopic (exact) mass is 300 g/mol. The molecule has 1 heterocycles. The summed E-state index contributed by atoms with van der Waals surface area (Å²) in [5.74, 6) is -1.10. The molecule has 0 aromatic heterocycles. The van der Waals surface area contributed by atoms with Gasteiger partial charge in [0.25, 0.3) is 5.91 Å². The Labute approximate surface area is 124 Å². The second-order valence-electron chi connectivity index (χ2n) is 5.12. The highest BCUT2D eigenvalue weighted by molar-refractivity contribution is 6.01. The van der Waals surface area contributed by atoms with Crippen LogP contribution in [0.4, 0.5) is 0 Å². The third kappa shape index (κ3) is 4.98. The van der Waals surface area contributed by atoms with Crippen LogP contribution in [0.1, 0.15) is 6.92 Å². The zero-order chi connectivity index (χ0) is 16.0. The SMILES string of the molecule is CCOC(=O)C(N)C(=O)N1CCN(CC(=O)N(C)C)CC1. The van der Waals surface area contributed by atoms with Crippen molar-refractivity contribution in [2.24, 2.45) is 5.73 Å². The topological polar surface area (TPSA) is 96.2 Å². The molecular weight excluding hydrogens is 276 g/mol. The molecule has 0 saturated carbocycles. The summed E-state index contributed by atoms with van der Waals surface area (Å²) in [6, 6.07) is -1.26. The molecule has 1 aliphatic heterocycles. The molecule has 120 valence electrons. The first-order chi connectivity index (χ1) is 9.86. The van der Waals surface area contributed by atoms with E-state index in [4.69, 9.17) is 10.5 Å². The van der Waals surface area contributed by atoms with Crippen LogP contribution >= 0.6 is 0 Å². The van der Waals surface area contributed by atoms with E-state index in [1.54, 1.807) is 21.0 Å². The molecular formula is C13H24N4O4. The zero-order valence-electron chi connectivity index (χ0n) is 12.9. The van der Waals surface area contributed by atoms with Gasteiger partial charge in [-0.2, -0.15) is 0 Å². The van der Waals surface area contributed by atoms with E-state index in [9.17, 15) is 14.4 Å². The third-order valence-corrected chi connectivity index (χ3v) is 3.35. The molecule has 0 aromatic rings. The highest BCUT2D eigenvalue weighted by atomic mass is 16.5. The maximum atomic E-state index is 12.1.